The van der Waals surface area contributed by atoms with Crippen molar-refractivity contribution in [3.8, 4) is 0 Å². The van der Waals surface area contributed by atoms with Crippen LogP contribution in [0.1, 0.15) is 25.3 Å². The van der Waals surface area contributed by atoms with Crippen molar-refractivity contribution in [2.45, 2.75) is 31.6 Å². The third-order valence-electron chi connectivity index (χ3n) is 2.36. The Morgan fingerprint density at radius 1 is 1.25 bits per heavy atom. The zero-order valence-corrected chi connectivity index (χ0v) is 10.4. The number of hydrogen-bond acceptors (Lipinski definition) is 3. The summed E-state index contributed by atoms with van der Waals surface area (Å²) >= 11 is 0. The molecule has 4 heteroatoms. The van der Waals surface area contributed by atoms with E-state index in [0.717, 1.165) is 18.4 Å². The highest BCUT2D eigenvalue weighted by Crippen LogP contribution is 2.08. The Balaban J connectivity index is 2.59. The van der Waals surface area contributed by atoms with Crippen LogP contribution in [0.5, 0.6) is 0 Å². The van der Waals surface area contributed by atoms with Crippen LogP contribution in [-0.4, -0.2) is 20.2 Å². The molecule has 0 heterocycles. The van der Waals surface area contributed by atoms with Crippen molar-refractivity contribution in [3.63, 3.8) is 0 Å². The summed E-state index contributed by atoms with van der Waals surface area (Å²) in [4.78, 5) is 0. The molecule has 0 saturated heterocycles. The summed E-state index contributed by atoms with van der Waals surface area (Å²) in [6, 6.07) is 8.97. The molecule has 0 aromatic heterocycles. The second kappa shape index (κ2) is 6.01. The second-order valence-corrected chi connectivity index (χ2v) is 6.20. The number of hydrogen-bond donors (Lipinski definition) is 1. The summed E-state index contributed by atoms with van der Waals surface area (Å²) in [6.45, 7) is 2.00. The second-order valence-electron chi connectivity index (χ2n) is 4.09. The van der Waals surface area contributed by atoms with Crippen molar-refractivity contribution in [3.05, 3.63) is 35.9 Å². The van der Waals surface area contributed by atoms with E-state index in [2.05, 4.69) is 0 Å². The van der Waals surface area contributed by atoms with Gasteiger partial charge in [0.05, 0.1) is 11.5 Å². The molecule has 0 saturated carbocycles. The lowest BCUT2D eigenvalue weighted by Gasteiger charge is -2.10. The van der Waals surface area contributed by atoms with Crippen LogP contribution in [0, 0.1) is 0 Å². The molecule has 0 aliphatic rings. The molecule has 1 unspecified atom stereocenters. The Labute approximate surface area is 97.6 Å². The summed E-state index contributed by atoms with van der Waals surface area (Å²) in [6.07, 6.45) is 1.68. The molecule has 0 spiro atoms. The summed E-state index contributed by atoms with van der Waals surface area (Å²) in [5.41, 5.74) is 6.57. The lowest BCUT2D eigenvalue weighted by atomic mass is 10.2. The molecule has 0 aliphatic heterocycles. The number of sulfone groups is 1. The van der Waals surface area contributed by atoms with E-state index in [1.807, 2.05) is 37.3 Å². The molecule has 1 rings (SSSR count). The number of rotatable bonds is 6. The van der Waals surface area contributed by atoms with Crippen LogP contribution in [0.3, 0.4) is 0 Å². The van der Waals surface area contributed by atoms with E-state index >= 15 is 0 Å². The van der Waals surface area contributed by atoms with Gasteiger partial charge in [-0.3, -0.25) is 0 Å². The van der Waals surface area contributed by atoms with E-state index in [9.17, 15) is 8.42 Å². The number of nitrogens with two attached hydrogens (primary N) is 1. The molecule has 0 bridgehead atoms. The zero-order valence-electron chi connectivity index (χ0n) is 9.59. The van der Waals surface area contributed by atoms with Crippen molar-refractivity contribution < 1.29 is 8.42 Å². The van der Waals surface area contributed by atoms with Crippen molar-refractivity contribution in [1.29, 1.82) is 0 Å². The highest BCUT2D eigenvalue weighted by atomic mass is 32.2. The van der Waals surface area contributed by atoms with Gasteiger partial charge in [0, 0.05) is 6.04 Å². The molecule has 0 radical (unpaired) electrons. The standard InChI is InChI=1S/C12H19NO2S/c1-2-6-12(13)10-16(14,15)9-11-7-4-3-5-8-11/h3-5,7-8,12H,2,6,9-10,13H2,1H3. The van der Waals surface area contributed by atoms with Crippen LogP contribution < -0.4 is 5.73 Å². The molecule has 2 N–H and O–H groups in total. The Morgan fingerprint density at radius 2 is 1.88 bits per heavy atom. The average molecular weight is 241 g/mol. The summed E-state index contributed by atoms with van der Waals surface area (Å²) in [7, 11) is -3.08. The van der Waals surface area contributed by atoms with E-state index in [1.54, 1.807) is 0 Å². The first kappa shape index (κ1) is 13.2. The first-order valence-electron chi connectivity index (χ1n) is 5.53. The van der Waals surface area contributed by atoms with E-state index < -0.39 is 9.84 Å². The van der Waals surface area contributed by atoms with Crippen molar-refractivity contribution in [2.75, 3.05) is 5.75 Å². The van der Waals surface area contributed by atoms with Gasteiger partial charge in [-0.05, 0) is 12.0 Å². The Morgan fingerprint density at radius 3 is 2.44 bits per heavy atom. The van der Waals surface area contributed by atoms with Crippen molar-refractivity contribution in [2.24, 2.45) is 5.73 Å². The van der Waals surface area contributed by atoms with Gasteiger partial charge in [0.15, 0.2) is 9.84 Å². The van der Waals surface area contributed by atoms with Gasteiger partial charge in [0.25, 0.3) is 0 Å². The Kier molecular flexibility index (Phi) is 4.96. The third kappa shape index (κ3) is 4.77. The maximum atomic E-state index is 11.8. The highest BCUT2D eigenvalue weighted by molar-refractivity contribution is 7.90. The summed E-state index contributed by atoms with van der Waals surface area (Å²) < 4.78 is 23.6. The van der Waals surface area contributed by atoms with Gasteiger partial charge in [-0.25, -0.2) is 8.42 Å². The van der Waals surface area contributed by atoms with Crippen LogP contribution in [0.25, 0.3) is 0 Å². The summed E-state index contributed by atoms with van der Waals surface area (Å²) in [5.74, 6) is 0.168. The zero-order chi connectivity index (χ0) is 12.0. The fourth-order valence-electron chi connectivity index (χ4n) is 1.67. The smallest absolute Gasteiger partial charge is 0.155 e. The van der Waals surface area contributed by atoms with Crippen LogP contribution in [0.4, 0.5) is 0 Å². The number of benzene rings is 1. The van der Waals surface area contributed by atoms with Gasteiger partial charge < -0.3 is 5.73 Å². The molecule has 16 heavy (non-hydrogen) atoms. The third-order valence-corrected chi connectivity index (χ3v) is 4.07. The molecule has 3 nitrogen and oxygen atoms in total. The minimum Gasteiger partial charge on any atom is -0.327 e. The first-order chi connectivity index (χ1) is 7.53. The molecule has 1 aromatic carbocycles. The van der Waals surface area contributed by atoms with Gasteiger partial charge in [-0.2, -0.15) is 0 Å². The molecule has 1 aromatic rings. The van der Waals surface area contributed by atoms with Crippen LogP contribution in [-0.2, 0) is 15.6 Å². The minimum atomic E-state index is -3.08. The minimum absolute atomic E-state index is 0.0791. The van der Waals surface area contributed by atoms with Crippen LogP contribution in [0.15, 0.2) is 30.3 Å². The van der Waals surface area contributed by atoms with E-state index in [1.165, 1.54) is 0 Å². The first-order valence-corrected chi connectivity index (χ1v) is 7.35. The van der Waals surface area contributed by atoms with Crippen molar-refractivity contribution in [1.82, 2.24) is 0 Å². The lowest BCUT2D eigenvalue weighted by Crippen LogP contribution is -2.30. The quantitative estimate of drug-likeness (QED) is 0.825. The molecular weight excluding hydrogens is 222 g/mol. The molecule has 0 fully saturated rings. The van der Waals surface area contributed by atoms with Crippen LogP contribution >= 0.6 is 0 Å². The van der Waals surface area contributed by atoms with Gasteiger partial charge >= 0.3 is 0 Å². The molecule has 0 aliphatic carbocycles. The molecule has 90 valence electrons. The maximum absolute atomic E-state index is 11.8. The van der Waals surface area contributed by atoms with E-state index in [-0.39, 0.29) is 17.5 Å². The topological polar surface area (TPSA) is 60.2 Å². The SMILES string of the molecule is CCCC(N)CS(=O)(=O)Cc1ccccc1. The molecule has 1 atom stereocenters. The van der Waals surface area contributed by atoms with Crippen molar-refractivity contribution >= 4 is 9.84 Å². The predicted molar refractivity (Wildman–Crippen MR) is 66.8 cm³/mol. The maximum Gasteiger partial charge on any atom is 0.155 e. The summed E-state index contributed by atoms with van der Waals surface area (Å²) in [5, 5.41) is 0. The van der Waals surface area contributed by atoms with Gasteiger partial charge in [0.1, 0.15) is 0 Å². The van der Waals surface area contributed by atoms with E-state index in [0.29, 0.717) is 0 Å². The highest BCUT2D eigenvalue weighted by Gasteiger charge is 2.16. The normalized spacial score (nSPS) is 13.6. The van der Waals surface area contributed by atoms with Crippen LogP contribution in [0.2, 0.25) is 0 Å². The monoisotopic (exact) mass is 241 g/mol. The van der Waals surface area contributed by atoms with E-state index in [4.69, 9.17) is 5.73 Å². The van der Waals surface area contributed by atoms with Gasteiger partial charge in [-0.1, -0.05) is 43.7 Å². The fourth-order valence-corrected chi connectivity index (χ4v) is 3.30. The molecule has 0 amide bonds. The lowest BCUT2D eigenvalue weighted by molar-refractivity contribution is 0.576. The predicted octanol–water partition coefficient (Wildman–Crippen LogP) is 1.73. The Bertz CT molecular complexity index is 400. The average Bonchev–Trinajstić information content (AvgIpc) is 2.17. The molecular formula is C12H19NO2S. The van der Waals surface area contributed by atoms with Gasteiger partial charge in [0.2, 0.25) is 0 Å². The largest absolute Gasteiger partial charge is 0.327 e. The van der Waals surface area contributed by atoms with Gasteiger partial charge in [-0.15, -0.1) is 0 Å². The fraction of sp³-hybridized carbons (Fsp3) is 0.500. The Hall–Kier alpha value is -0.870.